The average molecular weight is 348 g/mol. The van der Waals surface area contributed by atoms with Crippen LogP contribution in [0.15, 0.2) is 6.20 Å². The zero-order chi connectivity index (χ0) is 17.4. The Morgan fingerprint density at radius 3 is 2.64 bits per heavy atom. The van der Waals surface area contributed by atoms with E-state index >= 15 is 0 Å². The van der Waals surface area contributed by atoms with E-state index < -0.39 is 5.60 Å². The van der Waals surface area contributed by atoms with Crippen molar-refractivity contribution in [2.75, 3.05) is 19.6 Å². The van der Waals surface area contributed by atoms with Crippen molar-refractivity contribution in [3.8, 4) is 0 Å². The number of likely N-dealkylation sites (tertiary alicyclic amines) is 1. The van der Waals surface area contributed by atoms with Crippen LogP contribution in [0.5, 0.6) is 0 Å². The maximum Gasteiger partial charge on any atom is 0.407 e. The van der Waals surface area contributed by atoms with Crippen LogP contribution in [0.4, 0.5) is 4.79 Å². The Labute approximate surface area is 145 Å². The summed E-state index contributed by atoms with van der Waals surface area (Å²) in [5.74, 6) is -0.106. The van der Waals surface area contributed by atoms with Crippen LogP contribution in [-0.2, 0) is 4.74 Å². The highest BCUT2D eigenvalue weighted by atomic mass is 16.6. The summed E-state index contributed by atoms with van der Waals surface area (Å²) in [6.45, 7) is 1.63. The molecule has 1 aromatic heterocycles. The number of alkyl carbamates (subject to hydrolysis) is 1. The molecular formula is C16H24N6O3. The first-order valence-corrected chi connectivity index (χ1v) is 8.98. The van der Waals surface area contributed by atoms with E-state index in [2.05, 4.69) is 15.6 Å². The molecular weight excluding hydrogens is 324 g/mol. The minimum absolute atomic E-state index is 0.106. The van der Waals surface area contributed by atoms with Gasteiger partial charge in [-0.1, -0.05) is 5.21 Å². The lowest BCUT2D eigenvalue weighted by atomic mass is 9.91. The van der Waals surface area contributed by atoms with E-state index in [1.54, 1.807) is 11.1 Å². The highest BCUT2D eigenvalue weighted by Gasteiger charge is 2.43. The van der Waals surface area contributed by atoms with E-state index in [4.69, 9.17) is 10.5 Å². The van der Waals surface area contributed by atoms with E-state index in [-0.39, 0.29) is 24.1 Å². The Bertz CT molecular complexity index is 659. The molecule has 0 bridgehead atoms. The van der Waals surface area contributed by atoms with Gasteiger partial charge in [-0.25, -0.2) is 9.48 Å². The van der Waals surface area contributed by atoms with Crippen molar-refractivity contribution in [2.24, 2.45) is 5.73 Å². The first kappa shape index (κ1) is 16.3. The monoisotopic (exact) mass is 348 g/mol. The summed E-state index contributed by atoms with van der Waals surface area (Å²) in [6, 6.07) is 0.558. The Morgan fingerprint density at radius 2 is 2.00 bits per heavy atom. The number of aromatic nitrogens is 3. The van der Waals surface area contributed by atoms with Crippen LogP contribution >= 0.6 is 0 Å². The molecule has 3 fully saturated rings. The van der Waals surface area contributed by atoms with Gasteiger partial charge in [-0.2, -0.15) is 0 Å². The van der Waals surface area contributed by atoms with Crippen molar-refractivity contribution < 1.29 is 14.3 Å². The number of ether oxygens (including phenoxy) is 1. The Hall–Kier alpha value is -2.16. The molecule has 2 aliphatic heterocycles. The Kier molecular flexibility index (Phi) is 4.10. The molecule has 3 aliphatic rings. The van der Waals surface area contributed by atoms with Gasteiger partial charge in [0.1, 0.15) is 5.60 Å². The Morgan fingerprint density at radius 1 is 1.28 bits per heavy atom. The lowest BCUT2D eigenvalue weighted by Crippen LogP contribution is -2.48. The minimum Gasteiger partial charge on any atom is -0.441 e. The van der Waals surface area contributed by atoms with Crippen molar-refractivity contribution in [3.63, 3.8) is 0 Å². The molecule has 1 aliphatic carbocycles. The molecule has 3 heterocycles. The van der Waals surface area contributed by atoms with Gasteiger partial charge in [0.2, 0.25) is 0 Å². The quantitative estimate of drug-likeness (QED) is 0.801. The smallest absolute Gasteiger partial charge is 0.407 e. The third kappa shape index (κ3) is 3.20. The number of carbonyl (C=O) groups excluding carboxylic acids is 2. The van der Waals surface area contributed by atoms with Gasteiger partial charge in [0, 0.05) is 32.0 Å². The molecule has 25 heavy (non-hydrogen) atoms. The molecule has 1 aromatic rings. The second kappa shape index (κ2) is 6.29. The number of nitrogens with one attached hydrogen (secondary N) is 1. The first-order valence-electron chi connectivity index (χ1n) is 8.98. The molecule has 0 radical (unpaired) electrons. The fraction of sp³-hybridized carbons (Fsp3) is 0.750. The second-order valence-electron chi connectivity index (χ2n) is 7.37. The van der Waals surface area contributed by atoms with Crippen molar-refractivity contribution in [3.05, 3.63) is 11.9 Å². The fourth-order valence-electron chi connectivity index (χ4n) is 3.98. The highest BCUT2D eigenvalue weighted by Crippen LogP contribution is 2.30. The van der Waals surface area contributed by atoms with Gasteiger partial charge < -0.3 is 20.7 Å². The van der Waals surface area contributed by atoms with Gasteiger partial charge in [0.15, 0.2) is 5.69 Å². The molecule has 2 amide bonds. The third-order valence-electron chi connectivity index (χ3n) is 5.67. The molecule has 1 saturated carbocycles. The summed E-state index contributed by atoms with van der Waals surface area (Å²) in [5, 5.41) is 10.9. The van der Waals surface area contributed by atoms with Gasteiger partial charge in [-0.3, -0.25) is 4.79 Å². The summed E-state index contributed by atoms with van der Waals surface area (Å²) < 4.78 is 7.20. The molecule has 4 rings (SSSR count). The molecule has 2 saturated heterocycles. The van der Waals surface area contributed by atoms with E-state index in [1.165, 1.54) is 0 Å². The number of piperidine rings is 1. The molecule has 9 nitrogen and oxygen atoms in total. The van der Waals surface area contributed by atoms with E-state index in [9.17, 15) is 9.59 Å². The first-order chi connectivity index (χ1) is 12.0. The minimum atomic E-state index is -0.452. The number of carbonyl (C=O) groups is 2. The predicted octanol–water partition coefficient (Wildman–Crippen LogP) is 0.435. The number of hydrogen-bond donors (Lipinski definition) is 2. The molecule has 3 N–H and O–H groups in total. The van der Waals surface area contributed by atoms with Crippen LogP contribution in [0.3, 0.4) is 0 Å². The number of rotatable bonds is 2. The summed E-state index contributed by atoms with van der Waals surface area (Å²) in [4.78, 5) is 25.7. The van der Waals surface area contributed by atoms with Crippen LogP contribution in [0.25, 0.3) is 0 Å². The standard InChI is InChI=1S/C16H24N6O3/c17-11-1-3-12(4-2-11)22-9-13(19-20-22)14(23)21-7-5-16(6-8-21)10-18-15(24)25-16/h9,11-12H,1-8,10,17H2,(H,18,24). The normalized spacial score (nSPS) is 28.7. The fourth-order valence-corrected chi connectivity index (χ4v) is 3.98. The molecule has 136 valence electrons. The highest BCUT2D eigenvalue weighted by molar-refractivity contribution is 5.92. The zero-order valence-corrected chi connectivity index (χ0v) is 14.2. The van der Waals surface area contributed by atoms with Gasteiger partial charge in [-0.15, -0.1) is 5.10 Å². The summed E-state index contributed by atoms with van der Waals surface area (Å²) >= 11 is 0. The van der Waals surface area contributed by atoms with Crippen molar-refractivity contribution in [1.82, 2.24) is 25.2 Å². The molecule has 0 aromatic carbocycles. The number of hydrogen-bond acceptors (Lipinski definition) is 6. The van der Waals surface area contributed by atoms with Crippen LogP contribution in [0.1, 0.15) is 55.1 Å². The van der Waals surface area contributed by atoms with Gasteiger partial charge in [0.25, 0.3) is 5.91 Å². The molecule has 9 heteroatoms. The lowest BCUT2D eigenvalue weighted by molar-refractivity contribution is 0.00314. The number of amides is 2. The van der Waals surface area contributed by atoms with Gasteiger partial charge in [0.05, 0.1) is 18.8 Å². The van der Waals surface area contributed by atoms with Gasteiger partial charge >= 0.3 is 6.09 Å². The summed E-state index contributed by atoms with van der Waals surface area (Å²) in [5.41, 5.74) is 5.87. The maximum atomic E-state index is 12.7. The van der Waals surface area contributed by atoms with Crippen LogP contribution in [0, 0.1) is 0 Å². The lowest BCUT2D eigenvalue weighted by Gasteiger charge is -2.36. The molecule has 1 spiro atoms. The predicted molar refractivity (Wildman–Crippen MR) is 87.9 cm³/mol. The zero-order valence-electron chi connectivity index (χ0n) is 14.2. The van der Waals surface area contributed by atoms with Crippen molar-refractivity contribution in [2.45, 2.75) is 56.2 Å². The average Bonchev–Trinajstić information content (AvgIpc) is 3.23. The van der Waals surface area contributed by atoms with Gasteiger partial charge in [-0.05, 0) is 25.7 Å². The largest absolute Gasteiger partial charge is 0.441 e. The second-order valence-corrected chi connectivity index (χ2v) is 7.37. The summed E-state index contributed by atoms with van der Waals surface area (Å²) in [6.07, 6.45) is 6.59. The van der Waals surface area contributed by atoms with Crippen LogP contribution in [0.2, 0.25) is 0 Å². The molecule has 0 atom stereocenters. The molecule has 0 unspecified atom stereocenters. The summed E-state index contributed by atoms with van der Waals surface area (Å²) in [7, 11) is 0. The van der Waals surface area contributed by atoms with E-state index in [0.717, 1.165) is 25.7 Å². The number of nitrogens with zero attached hydrogens (tertiary/aromatic N) is 4. The SMILES string of the molecule is NC1CCC(n2cc(C(=O)N3CCC4(CC3)CNC(=O)O4)nn2)CC1. The van der Waals surface area contributed by atoms with E-state index in [0.29, 0.717) is 38.2 Å². The van der Waals surface area contributed by atoms with Crippen LogP contribution < -0.4 is 11.1 Å². The Balaban J connectivity index is 1.37. The van der Waals surface area contributed by atoms with Crippen molar-refractivity contribution in [1.29, 1.82) is 0 Å². The van der Waals surface area contributed by atoms with Crippen molar-refractivity contribution >= 4 is 12.0 Å². The topological polar surface area (TPSA) is 115 Å². The van der Waals surface area contributed by atoms with Crippen LogP contribution in [-0.4, -0.2) is 63.2 Å². The third-order valence-corrected chi connectivity index (χ3v) is 5.67. The maximum absolute atomic E-state index is 12.7. The van der Waals surface area contributed by atoms with E-state index in [1.807, 2.05) is 4.68 Å². The number of nitrogens with two attached hydrogens (primary N) is 1.